The van der Waals surface area contributed by atoms with Crippen LogP contribution in [0.3, 0.4) is 0 Å². The number of rotatable bonds is 5. The van der Waals surface area contributed by atoms with E-state index in [4.69, 9.17) is 4.42 Å². The molecule has 3 N–H and O–H groups in total. The number of hydrogen-bond donors (Lipinski definition) is 3. The normalized spacial score (nSPS) is 14.3. The summed E-state index contributed by atoms with van der Waals surface area (Å²) in [6.45, 7) is 4.10. The predicted molar refractivity (Wildman–Crippen MR) is 95.3 cm³/mol. The number of furan rings is 1. The number of aliphatic hydroxyl groups is 1. The van der Waals surface area contributed by atoms with Crippen LogP contribution in [0.1, 0.15) is 24.0 Å². The first kappa shape index (κ1) is 18.5. The summed E-state index contributed by atoms with van der Waals surface area (Å²) in [5, 5.41) is 16.6. The van der Waals surface area contributed by atoms with Gasteiger partial charge in [0.1, 0.15) is 22.9 Å². The van der Waals surface area contributed by atoms with Crippen molar-refractivity contribution in [1.29, 1.82) is 0 Å². The van der Waals surface area contributed by atoms with Crippen LogP contribution in [0.15, 0.2) is 44.2 Å². The molecule has 130 valence electrons. The second-order valence-corrected chi connectivity index (χ2v) is 6.66. The summed E-state index contributed by atoms with van der Waals surface area (Å²) in [6, 6.07) is 8.23. The van der Waals surface area contributed by atoms with Gasteiger partial charge in [-0.2, -0.15) is 0 Å². The highest BCUT2D eigenvalue weighted by atomic mass is 79.9. The van der Waals surface area contributed by atoms with Crippen LogP contribution >= 0.6 is 15.9 Å². The van der Waals surface area contributed by atoms with Crippen molar-refractivity contribution in [2.45, 2.75) is 26.0 Å². The van der Waals surface area contributed by atoms with Crippen LogP contribution in [-0.4, -0.2) is 24.7 Å². The Bertz CT molecular complexity index is 708. The fraction of sp³-hybridized carbons (Fsp3) is 0.353. The molecule has 1 aromatic carbocycles. The monoisotopic (exact) mass is 397 g/mol. The Morgan fingerprint density at radius 2 is 2.08 bits per heavy atom. The lowest BCUT2D eigenvalue weighted by Gasteiger charge is -2.23. The van der Waals surface area contributed by atoms with E-state index in [1.54, 1.807) is 26.1 Å². The molecule has 2 aromatic rings. The molecule has 0 radical (unpaired) electrons. The minimum atomic E-state index is -1.17. The number of halogens is 2. The highest BCUT2D eigenvalue weighted by molar-refractivity contribution is 9.10. The first-order valence-electron chi connectivity index (χ1n) is 7.49. The molecule has 7 heteroatoms. The van der Waals surface area contributed by atoms with Crippen molar-refractivity contribution in [3.05, 3.63) is 57.7 Å². The molecule has 1 unspecified atom stereocenters. The Morgan fingerprint density at radius 3 is 2.67 bits per heavy atom. The second-order valence-electron chi connectivity index (χ2n) is 5.74. The third-order valence-corrected chi connectivity index (χ3v) is 3.93. The average molecular weight is 398 g/mol. The minimum absolute atomic E-state index is 0.215. The molecular formula is C17H21BrFN3O2. The number of aryl methyl sites for hydroxylation is 1. The van der Waals surface area contributed by atoms with E-state index < -0.39 is 5.60 Å². The van der Waals surface area contributed by atoms with Gasteiger partial charge in [-0.25, -0.2) is 4.39 Å². The van der Waals surface area contributed by atoms with E-state index in [1.165, 1.54) is 12.1 Å². The molecule has 5 nitrogen and oxygen atoms in total. The van der Waals surface area contributed by atoms with Gasteiger partial charge in [0.05, 0.1) is 6.54 Å². The van der Waals surface area contributed by atoms with E-state index in [2.05, 4.69) is 31.6 Å². The molecule has 0 aliphatic heterocycles. The summed E-state index contributed by atoms with van der Waals surface area (Å²) in [7, 11) is 1.63. The molecule has 24 heavy (non-hydrogen) atoms. The van der Waals surface area contributed by atoms with E-state index in [1.807, 2.05) is 13.0 Å². The van der Waals surface area contributed by atoms with Crippen molar-refractivity contribution in [1.82, 2.24) is 10.6 Å². The first-order valence-corrected chi connectivity index (χ1v) is 8.28. The van der Waals surface area contributed by atoms with Gasteiger partial charge >= 0.3 is 0 Å². The van der Waals surface area contributed by atoms with Gasteiger partial charge in [0.15, 0.2) is 5.96 Å². The third-order valence-electron chi connectivity index (χ3n) is 3.48. The molecule has 0 aliphatic rings. The largest absolute Gasteiger partial charge is 0.463 e. The zero-order valence-electron chi connectivity index (χ0n) is 13.9. The van der Waals surface area contributed by atoms with E-state index in [0.29, 0.717) is 22.7 Å². The highest BCUT2D eigenvalue weighted by Crippen LogP contribution is 2.21. The summed E-state index contributed by atoms with van der Waals surface area (Å²) in [5.41, 5.74) is -0.397. The maximum absolute atomic E-state index is 13.4. The summed E-state index contributed by atoms with van der Waals surface area (Å²) < 4.78 is 19.5. The van der Waals surface area contributed by atoms with Crippen molar-refractivity contribution in [2.75, 3.05) is 13.6 Å². The van der Waals surface area contributed by atoms with Crippen LogP contribution in [-0.2, 0) is 12.1 Å². The van der Waals surface area contributed by atoms with Crippen LogP contribution in [0.25, 0.3) is 0 Å². The lowest BCUT2D eigenvalue weighted by atomic mass is 10.0. The Kier molecular flexibility index (Phi) is 6.01. The zero-order chi connectivity index (χ0) is 17.7. The molecule has 1 aromatic heterocycles. The number of benzene rings is 1. The lowest BCUT2D eigenvalue weighted by Crippen LogP contribution is -2.44. The Balaban J connectivity index is 1.92. The van der Waals surface area contributed by atoms with Crippen molar-refractivity contribution < 1.29 is 13.9 Å². The summed E-state index contributed by atoms with van der Waals surface area (Å²) in [5.74, 6) is 1.42. The molecule has 1 heterocycles. The van der Waals surface area contributed by atoms with Crippen LogP contribution in [0.4, 0.5) is 4.39 Å². The van der Waals surface area contributed by atoms with Gasteiger partial charge in [-0.3, -0.25) is 4.99 Å². The number of nitrogens with one attached hydrogen (secondary N) is 2. The van der Waals surface area contributed by atoms with Gasteiger partial charge in [-0.1, -0.05) is 15.9 Å². The highest BCUT2D eigenvalue weighted by Gasteiger charge is 2.27. The molecule has 0 spiro atoms. The summed E-state index contributed by atoms with van der Waals surface area (Å²) in [6.07, 6.45) is 0. The molecule has 0 amide bonds. The molecule has 0 bridgehead atoms. The average Bonchev–Trinajstić information content (AvgIpc) is 2.94. The smallest absolute Gasteiger partial charge is 0.191 e. The van der Waals surface area contributed by atoms with Crippen molar-refractivity contribution in [2.24, 2.45) is 4.99 Å². The zero-order valence-corrected chi connectivity index (χ0v) is 15.4. The van der Waals surface area contributed by atoms with Gasteiger partial charge in [-0.15, -0.1) is 0 Å². The maximum atomic E-state index is 13.4. The van der Waals surface area contributed by atoms with Gasteiger partial charge in [0.2, 0.25) is 0 Å². The number of nitrogens with zero attached hydrogens (tertiary/aromatic N) is 1. The van der Waals surface area contributed by atoms with Gasteiger partial charge < -0.3 is 20.2 Å². The number of hydrogen-bond acceptors (Lipinski definition) is 3. The van der Waals surface area contributed by atoms with Crippen LogP contribution < -0.4 is 10.6 Å². The summed E-state index contributed by atoms with van der Waals surface area (Å²) in [4.78, 5) is 4.10. The van der Waals surface area contributed by atoms with Gasteiger partial charge in [0.25, 0.3) is 0 Å². The van der Waals surface area contributed by atoms with E-state index >= 15 is 0 Å². The molecule has 0 fully saturated rings. The molecule has 0 aliphatic carbocycles. The van der Waals surface area contributed by atoms with Gasteiger partial charge in [0, 0.05) is 18.1 Å². The van der Waals surface area contributed by atoms with E-state index in [9.17, 15) is 9.50 Å². The van der Waals surface area contributed by atoms with Gasteiger partial charge in [-0.05, 0) is 49.7 Å². The van der Waals surface area contributed by atoms with E-state index in [0.717, 1.165) is 11.3 Å². The molecule has 0 saturated heterocycles. The Labute approximate surface area is 149 Å². The SMILES string of the molecule is CN=C(NCc1cc(F)cc(Br)c1)NCC(C)(O)c1ccc(C)o1. The minimum Gasteiger partial charge on any atom is -0.463 e. The number of aliphatic imine (C=N–C) groups is 1. The predicted octanol–water partition coefficient (Wildman–Crippen LogP) is 3.06. The topological polar surface area (TPSA) is 69.8 Å². The van der Waals surface area contributed by atoms with Crippen molar-refractivity contribution in [3.63, 3.8) is 0 Å². The Morgan fingerprint density at radius 1 is 1.33 bits per heavy atom. The fourth-order valence-corrected chi connectivity index (χ4v) is 2.70. The maximum Gasteiger partial charge on any atom is 0.191 e. The fourth-order valence-electron chi connectivity index (χ4n) is 2.19. The first-order chi connectivity index (χ1) is 11.3. The van der Waals surface area contributed by atoms with E-state index in [-0.39, 0.29) is 12.4 Å². The number of guanidine groups is 1. The standard InChI is InChI=1S/C17H21BrFN3O2/c1-11-4-5-15(24-11)17(2,23)10-22-16(20-3)21-9-12-6-13(18)8-14(19)7-12/h4-8,23H,9-10H2,1-3H3,(H2,20,21,22). The van der Waals surface area contributed by atoms with Crippen LogP contribution in [0.5, 0.6) is 0 Å². The molecular weight excluding hydrogens is 377 g/mol. The quantitative estimate of drug-likeness (QED) is 0.535. The molecule has 1 atom stereocenters. The lowest BCUT2D eigenvalue weighted by molar-refractivity contribution is 0.0378. The third kappa shape index (κ3) is 5.07. The summed E-state index contributed by atoms with van der Waals surface area (Å²) >= 11 is 3.26. The molecule has 2 rings (SSSR count). The van der Waals surface area contributed by atoms with Crippen LogP contribution in [0, 0.1) is 12.7 Å². The molecule has 0 saturated carbocycles. The van der Waals surface area contributed by atoms with Crippen molar-refractivity contribution >= 4 is 21.9 Å². The Hall–Kier alpha value is -1.86. The van der Waals surface area contributed by atoms with Crippen LogP contribution in [0.2, 0.25) is 0 Å². The van der Waals surface area contributed by atoms with Crippen molar-refractivity contribution in [3.8, 4) is 0 Å². The second kappa shape index (κ2) is 7.81.